The summed E-state index contributed by atoms with van der Waals surface area (Å²) in [6.07, 6.45) is 0. The quantitative estimate of drug-likeness (QED) is 0.422. The van der Waals surface area contributed by atoms with Crippen molar-refractivity contribution in [2.75, 3.05) is 13.2 Å². The highest BCUT2D eigenvalue weighted by molar-refractivity contribution is 5.93. The maximum absolute atomic E-state index is 5.67. The molecule has 0 heterocycles. The monoisotopic (exact) mass is 313 g/mol. The topological polar surface area (TPSA) is 121 Å². The number of hydrogen-bond acceptors (Lipinski definition) is 3. The first-order chi connectivity index (χ1) is 11.1. The van der Waals surface area contributed by atoms with Crippen LogP contribution in [0, 0.1) is 0 Å². The molecule has 0 aromatic heterocycles. The van der Waals surface area contributed by atoms with Crippen LogP contribution in [0.15, 0.2) is 64.6 Å². The molecule has 0 spiro atoms. The highest BCUT2D eigenvalue weighted by Gasteiger charge is 2.03. The molecule has 6 N–H and O–H groups in total. The maximum atomic E-state index is 5.67. The fourth-order valence-electron chi connectivity index (χ4n) is 1.78. The van der Waals surface area contributed by atoms with Crippen LogP contribution in [0.25, 0.3) is 0 Å². The number of para-hydroxylation sites is 3. The van der Waals surface area contributed by atoms with Crippen LogP contribution >= 0.6 is 0 Å². The molecule has 0 aliphatic carbocycles. The second kappa shape index (κ2) is 8.28. The number of ether oxygens (including phenoxy) is 2. The Hall–Kier alpha value is -3.22. The van der Waals surface area contributed by atoms with Gasteiger partial charge in [-0.15, -0.1) is 0 Å². The van der Waals surface area contributed by atoms with Crippen LogP contribution in [-0.2, 0) is 0 Å². The molecule has 2 rings (SSSR count). The van der Waals surface area contributed by atoms with Crippen LogP contribution in [-0.4, -0.2) is 25.1 Å². The van der Waals surface area contributed by atoms with Gasteiger partial charge in [-0.25, -0.2) is 4.99 Å². The van der Waals surface area contributed by atoms with Crippen LogP contribution in [0.2, 0.25) is 0 Å². The second-order valence-electron chi connectivity index (χ2n) is 4.48. The minimum absolute atomic E-state index is 0.0402. The molecular formula is C16H19N5O2. The van der Waals surface area contributed by atoms with Gasteiger partial charge in [0.1, 0.15) is 30.4 Å². The fourth-order valence-corrected chi connectivity index (χ4v) is 1.78. The Balaban J connectivity index is 1.94. The maximum Gasteiger partial charge on any atom is 0.223 e. The van der Waals surface area contributed by atoms with Crippen molar-refractivity contribution in [3.05, 3.63) is 54.6 Å². The van der Waals surface area contributed by atoms with E-state index in [2.05, 4.69) is 9.98 Å². The molecule has 0 aliphatic heterocycles. The molecule has 0 radical (unpaired) electrons. The normalized spacial score (nSPS) is 10.9. The lowest BCUT2D eigenvalue weighted by Gasteiger charge is -2.10. The predicted molar refractivity (Wildman–Crippen MR) is 91.0 cm³/mol. The fraction of sp³-hybridized carbons (Fsp3) is 0.125. The van der Waals surface area contributed by atoms with E-state index < -0.39 is 0 Å². The molecule has 0 saturated carbocycles. The van der Waals surface area contributed by atoms with E-state index in [1.165, 1.54) is 0 Å². The number of hydrogen-bond donors (Lipinski definition) is 3. The molecule has 0 fully saturated rings. The zero-order valence-electron chi connectivity index (χ0n) is 12.6. The summed E-state index contributed by atoms with van der Waals surface area (Å²) in [5.41, 5.74) is 16.7. The summed E-state index contributed by atoms with van der Waals surface area (Å²) in [6, 6.07) is 16.7. The average Bonchev–Trinajstić information content (AvgIpc) is 2.53. The van der Waals surface area contributed by atoms with Gasteiger partial charge in [0, 0.05) is 0 Å². The van der Waals surface area contributed by atoms with Crippen molar-refractivity contribution < 1.29 is 9.47 Å². The van der Waals surface area contributed by atoms with E-state index in [1.54, 1.807) is 12.1 Å². The van der Waals surface area contributed by atoms with E-state index in [9.17, 15) is 0 Å². The molecule has 2 aromatic carbocycles. The Kier molecular flexibility index (Phi) is 5.81. The molecular weight excluding hydrogens is 294 g/mol. The summed E-state index contributed by atoms with van der Waals surface area (Å²) in [4.78, 5) is 7.79. The van der Waals surface area contributed by atoms with Gasteiger partial charge in [-0.2, -0.15) is 4.99 Å². The first-order valence-corrected chi connectivity index (χ1v) is 6.98. The highest BCUT2D eigenvalue weighted by atomic mass is 16.5. The van der Waals surface area contributed by atoms with Gasteiger partial charge in [0.25, 0.3) is 0 Å². The van der Waals surface area contributed by atoms with Gasteiger partial charge >= 0.3 is 0 Å². The molecule has 0 aliphatic rings. The third kappa shape index (κ3) is 5.58. The van der Waals surface area contributed by atoms with Crippen molar-refractivity contribution in [2.45, 2.75) is 0 Å². The Morgan fingerprint density at radius 2 is 1.48 bits per heavy atom. The number of nitrogens with zero attached hydrogens (tertiary/aromatic N) is 2. The largest absolute Gasteiger partial charge is 0.490 e. The molecule has 7 heteroatoms. The lowest BCUT2D eigenvalue weighted by atomic mass is 10.3. The van der Waals surface area contributed by atoms with Crippen molar-refractivity contribution >= 4 is 17.6 Å². The van der Waals surface area contributed by atoms with Gasteiger partial charge < -0.3 is 26.7 Å². The number of guanidine groups is 2. The van der Waals surface area contributed by atoms with Crippen LogP contribution in [0.1, 0.15) is 0 Å². The molecule has 0 amide bonds. The standard InChI is InChI=1S/C16H19N5O2/c17-15(18)21-16(19)20-13-8-4-5-9-14(13)23-11-10-22-12-6-2-1-3-7-12/h1-9H,10-11H2,(H6,17,18,19,20,21). The summed E-state index contributed by atoms with van der Waals surface area (Å²) in [7, 11) is 0. The molecule has 0 saturated heterocycles. The zero-order valence-corrected chi connectivity index (χ0v) is 12.6. The first-order valence-electron chi connectivity index (χ1n) is 6.98. The molecule has 120 valence electrons. The molecule has 2 aromatic rings. The van der Waals surface area contributed by atoms with E-state index in [4.69, 9.17) is 26.7 Å². The lowest BCUT2D eigenvalue weighted by molar-refractivity contribution is 0.217. The number of nitrogens with two attached hydrogens (primary N) is 3. The van der Waals surface area contributed by atoms with Crippen LogP contribution in [0.3, 0.4) is 0 Å². The van der Waals surface area contributed by atoms with Crippen molar-refractivity contribution in [2.24, 2.45) is 27.2 Å². The minimum atomic E-state index is -0.152. The first kappa shape index (κ1) is 16.2. The van der Waals surface area contributed by atoms with Crippen molar-refractivity contribution in [1.29, 1.82) is 0 Å². The summed E-state index contributed by atoms with van der Waals surface area (Å²) in [6.45, 7) is 0.773. The smallest absolute Gasteiger partial charge is 0.223 e. The van der Waals surface area contributed by atoms with E-state index >= 15 is 0 Å². The zero-order chi connectivity index (χ0) is 16.5. The summed E-state index contributed by atoms with van der Waals surface area (Å²) in [5.74, 6) is 1.17. The van der Waals surface area contributed by atoms with Crippen molar-refractivity contribution in [1.82, 2.24) is 0 Å². The Morgan fingerprint density at radius 1 is 0.826 bits per heavy atom. The van der Waals surface area contributed by atoms with Gasteiger partial charge in [-0.1, -0.05) is 30.3 Å². The summed E-state index contributed by atoms with van der Waals surface area (Å²) >= 11 is 0. The van der Waals surface area contributed by atoms with Crippen molar-refractivity contribution in [3.8, 4) is 11.5 Å². The molecule has 23 heavy (non-hydrogen) atoms. The minimum Gasteiger partial charge on any atom is -0.490 e. The second-order valence-corrected chi connectivity index (χ2v) is 4.48. The van der Waals surface area contributed by atoms with Crippen LogP contribution in [0.5, 0.6) is 11.5 Å². The van der Waals surface area contributed by atoms with Crippen LogP contribution < -0.4 is 26.7 Å². The van der Waals surface area contributed by atoms with E-state index in [0.717, 1.165) is 5.75 Å². The van der Waals surface area contributed by atoms with E-state index in [0.29, 0.717) is 24.7 Å². The predicted octanol–water partition coefficient (Wildman–Crippen LogP) is 1.36. The van der Waals surface area contributed by atoms with Gasteiger partial charge in [0.05, 0.1) is 0 Å². The van der Waals surface area contributed by atoms with Gasteiger partial charge in [-0.05, 0) is 24.3 Å². The number of rotatable bonds is 6. The molecule has 0 bridgehead atoms. The average molecular weight is 313 g/mol. The van der Waals surface area contributed by atoms with Crippen LogP contribution in [0.4, 0.5) is 5.69 Å². The Morgan fingerprint density at radius 3 is 2.22 bits per heavy atom. The van der Waals surface area contributed by atoms with Gasteiger partial charge in [-0.3, -0.25) is 0 Å². The van der Waals surface area contributed by atoms with Gasteiger partial charge in [0.2, 0.25) is 5.96 Å². The highest BCUT2D eigenvalue weighted by Crippen LogP contribution is 2.26. The third-order valence-corrected chi connectivity index (χ3v) is 2.70. The number of benzene rings is 2. The molecule has 7 nitrogen and oxygen atoms in total. The lowest BCUT2D eigenvalue weighted by Crippen LogP contribution is -2.26. The summed E-state index contributed by atoms with van der Waals surface area (Å²) in [5, 5.41) is 0. The molecule has 0 unspecified atom stereocenters. The summed E-state index contributed by atoms with van der Waals surface area (Å²) < 4.78 is 11.2. The SMILES string of the molecule is NC(N)=NC(N)=Nc1ccccc1OCCOc1ccccc1. The Labute approximate surface area is 134 Å². The number of aliphatic imine (C=N–C) groups is 2. The molecule has 0 atom stereocenters. The van der Waals surface area contributed by atoms with Crippen molar-refractivity contribution in [3.63, 3.8) is 0 Å². The Bertz CT molecular complexity index is 682. The third-order valence-electron chi connectivity index (χ3n) is 2.70. The van der Waals surface area contributed by atoms with E-state index in [1.807, 2.05) is 42.5 Å². The van der Waals surface area contributed by atoms with E-state index in [-0.39, 0.29) is 11.9 Å². The van der Waals surface area contributed by atoms with Gasteiger partial charge in [0.15, 0.2) is 5.96 Å².